The molecule has 2 N–H and O–H groups in total. The zero-order valence-electron chi connectivity index (χ0n) is 17.6. The fourth-order valence-corrected chi connectivity index (χ4v) is 2.99. The van der Waals surface area contributed by atoms with Crippen LogP contribution in [0.25, 0.3) is 0 Å². The average Bonchev–Trinajstić information content (AvgIpc) is 3.56. The van der Waals surface area contributed by atoms with Gasteiger partial charge in [0.1, 0.15) is 0 Å². The van der Waals surface area contributed by atoms with Crippen molar-refractivity contribution < 1.29 is 23.8 Å². The number of nitrogens with one attached hydrogen (secondary N) is 2. The van der Waals surface area contributed by atoms with E-state index in [-0.39, 0.29) is 17.7 Å². The van der Waals surface area contributed by atoms with Crippen LogP contribution < -0.4 is 24.8 Å². The topological polar surface area (TPSA) is 85.9 Å². The minimum Gasteiger partial charge on any atom is -0.490 e. The summed E-state index contributed by atoms with van der Waals surface area (Å²) in [6.45, 7) is 6.92. The van der Waals surface area contributed by atoms with Crippen LogP contribution in [0.2, 0.25) is 0 Å². The molecule has 0 saturated heterocycles. The molecule has 160 valence electrons. The molecular formula is C23H28N2O5. The number of carbonyl (C=O) groups excluding carboxylic acids is 2. The van der Waals surface area contributed by atoms with Gasteiger partial charge in [-0.05, 0) is 63.9 Å². The minimum absolute atomic E-state index is 0.0210. The number of amides is 2. The Morgan fingerprint density at radius 3 is 1.97 bits per heavy atom. The fraction of sp³-hybridized carbons (Fsp3) is 0.391. The van der Waals surface area contributed by atoms with Gasteiger partial charge in [-0.25, -0.2) is 0 Å². The van der Waals surface area contributed by atoms with Crippen molar-refractivity contribution in [1.82, 2.24) is 0 Å². The molecule has 0 spiro atoms. The lowest BCUT2D eigenvalue weighted by molar-refractivity contribution is -0.117. The van der Waals surface area contributed by atoms with E-state index in [0.29, 0.717) is 54.0 Å². The molecule has 0 heterocycles. The van der Waals surface area contributed by atoms with E-state index in [2.05, 4.69) is 10.6 Å². The minimum atomic E-state index is -0.314. The highest BCUT2D eigenvalue weighted by Crippen LogP contribution is 2.39. The molecule has 1 fully saturated rings. The number of ether oxygens (including phenoxy) is 3. The second kappa shape index (κ2) is 10.0. The Kier molecular flexibility index (Phi) is 7.17. The summed E-state index contributed by atoms with van der Waals surface area (Å²) in [6, 6.07) is 10.4. The zero-order valence-corrected chi connectivity index (χ0v) is 17.6. The van der Waals surface area contributed by atoms with E-state index in [1.54, 1.807) is 36.4 Å². The van der Waals surface area contributed by atoms with Crippen molar-refractivity contribution >= 4 is 23.2 Å². The Labute approximate surface area is 176 Å². The summed E-state index contributed by atoms with van der Waals surface area (Å²) in [5.74, 6) is 1.23. The molecule has 7 heteroatoms. The van der Waals surface area contributed by atoms with Crippen molar-refractivity contribution in [2.24, 2.45) is 5.92 Å². The highest BCUT2D eigenvalue weighted by atomic mass is 16.5. The van der Waals surface area contributed by atoms with Crippen molar-refractivity contribution in [2.75, 3.05) is 30.5 Å². The SMILES string of the molecule is CCOc1cc(C(=O)Nc2cccc(NC(=O)C3CC3)c2)cc(OCC)c1OCC. The van der Waals surface area contributed by atoms with Crippen molar-refractivity contribution in [2.45, 2.75) is 33.6 Å². The molecule has 0 aliphatic heterocycles. The lowest BCUT2D eigenvalue weighted by atomic mass is 10.1. The predicted octanol–water partition coefficient (Wildman–Crippen LogP) is 4.48. The first-order valence-corrected chi connectivity index (χ1v) is 10.3. The van der Waals surface area contributed by atoms with E-state index in [4.69, 9.17) is 14.2 Å². The largest absolute Gasteiger partial charge is 0.490 e. The second-order valence-corrected chi connectivity index (χ2v) is 6.90. The van der Waals surface area contributed by atoms with Crippen LogP contribution in [0, 0.1) is 5.92 Å². The van der Waals surface area contributed by atoms with Gasteiger partial charge in [0.15, 0.2) is 11.5 Å². The monoisotopic (exact) mass is 412 g/mol. The van der Waals surface area contributed by atoms with Crippen molar-refractivity contribution in [3.63, 3.8) is 0 Å². The molecule has 0 bridgehead atoms. The molecular weight excluding hydrogens is 384 g/mol. The molecule has 1 aliphatic rings. The van der Waals surface area contributed by atoms with Gasteiger partial charge in [0.2, 0.25) is 11.7 Å². The van der Waals surface area contributed by atoms with Gasteiger partial charge < -0.3 is 24.8 Å². The molecule has 7 nitrogen and oxygen atoms in total. The van der Waals surface area contributed by atoms with Gasteiger partial charge in [-0.15, -0.1) is 0 Å². The molecule has 0 atom stereocenters. The second-order valence-electron chi connectivity index (χ2n) is 6.90. The van der Waals surface area contributed by atoms with Crippen LogP contribution in [-0.2, 0) is 4.79 Å². The van der Waals surface area contributed by atoms with E-state index < -0.39 is 0 Å². The Bertz CT molecular complexity index is 881. The number of benzene rings is 2. The summed E-state index contributed by atoms with van der Waals surface area (Å²) in [6.07, 6.45) is 1.87. The van der Waals surface area contributed by atoms with Crippen molar-refractivity contribution in [3.05, 3.63) is 42.0 Å². The number of rotatable bonds is 10. The number of anilines is 2. The van der Waals surface area contributed by atoms with Crippen LogP contribution >= 0.6 is 0 Å². The van der Waals surface area contributed by atoms with Crippen LogP contribution in [0.5, 0.6) is 17.2 Å². The number of hydrogen-bond acceptors (Lipinski definition) is 5. The summed E-state index contributed by atoms with van der Waals surface area (Å²) >= 11 is 0. The quantitative estimate of drug-likeness (QED) is 0.601. The van der Waals surface area contributed by atoms with E-state index >= 15 is 0 Å². The van der Waals surface area contributed by atoms with Gasteiger partial charge in [0.25, 0.3) is 5.91 Å². The normalized spacial score (nSPS) is 12.8. The smallest absolute Gasteiger partial charge is 0.255 e. The average molecular weight is 412 g/mol. The van der Waals surface area contributed by atoms with Gasteiger partial charge in [-0.3, -0.25) is 9.59 Å². The summed E-state index contributed by atoms with van der Waals surface area (Å²) in [5.41, 5.74) is 1.62. The first-order valence-electron chi connectivity index (χ1n) is 10.3. The van der Waals surface area contributed by atoms with E-state index in [1.165, 1.54) is 0 Å². The third-order valence-electron chi connectivity index (χ3n) is 4.51. The maximum atomic E-state index is 12.9. The Morgan fingerprint density at radius 2 is 1.43 bits per heavy atom. The van der Waals surface area contributed by atoms with Gasteiger partial charge in [0, 0.05) is 22.9 Å². The lowest BCUT2D eigenvalue weighted by Gasteiger charge is -2.17. The van der Waals surface area contributed by atoms with E-state index in [0.717, 1.165) is 12.8 Å². The highest BCUT2D eigenvalue weighted by molar-refractivity contribution is 6.05. The molecule has 0 unspecified atom stereocenters. The van der Waals surface area contributed by atoms with Gasteiger partial charge in [-0.1, -0.05) is 6.07 Å². The third kappa shape index (κ3) is 5.43. The molecule has 1 aliphatic carbocycles. The van der Waals surface area contributed by atoms with Crippen LogP contribution in [0.3, 0.4) is 0 Å². The molecule has 0 aromatic heterocycles. The van der Waals surface area contributed by atoms with Crippen LogP contribution in [-0.4, -0.2) is 31.6 Å². The highest BCUT2D eigenvalue weighted by Gasteiger charge is 2.29. The van der Waals surface area contributed by atoms with Gasteiger partial charge in [0.05, 0.1) is 19.8 Å². The Hall–Kier alpha value is -3.22. The van der Waals surface area contributed by atoms with Crippen molar-refractivity contribution in [1.29, 1.82) is 0 Å². The lowest BCUT2D eigenvalue weighted by Crippen LogP contribution is -2.15. The summed E-state index contributed by atoms with van der Waals surface area (Å²) in [4.78, 5) is 24.9. The van der Waals surface area contributed by atoms with Crippen LogP contribution in [0.4, 0.5) is 11.4 Å². The molecule has 1 saturated carbocycles. The maximum absolute atomic E-state index is 12.9. The molecule has 3 rings (SSSR count). The molecule has 2 amide bonds. The maximum Gasteiger partial charge on any atom is 0.255 e. The van der Waals surface area contributed by atoms with Crippen LogP contribution in [0.1, 0.15) is 44.0 Å². The summed E-state index contributed by atoms with van der Waals surface area (Å²) in [5, 5.41) is 5.75. The first-order chi connectivity index (χ1) is 14.5. The van der Waals surface area contributed by atoms with E-state index in [9.17, 15) is 9.59 Å². The Morgan fingerprint density at radius 1 is 0.867 bits per heavy atom. The first kappa shape index (κ1) is 21.5. The molecule has 0 radical (unpaired) electrons. The number of carbonyl (C=O) groups is 2. The summed E-state index contributed by atoms with van der Waals surface area (Å²) < 4.78 is 17.0. The van der Waals surface area contributed by atoms with Crippen LogP contribution in [0.15, 0.2) is 36.4 Å². The zero-order chi connectivity index (χ0) is 21.5. The van der Waals surface area contributed by atoms with Gasteiger partial charge >= 0.3 is 0 Å². The summed E-state index contributed by atoms with van der Waals surface area (Å²) in [7, 11) is 0. The predicted molar refractivity (Wildman–Crippen MR) is 116 cm³/mol. The third-order valence-corrected chi connectivity index (χ3v) is 4.51. The Balaban J connectivity index is 1.81. The fourth-order valence-electron chi connectivity index (χ4n) is 2.99. The molecule has 2 aromatic rings. The molecule has 2 aromatic carbocycles. The number of hydrogen-bond donors (Lipinski definition) is 2. The van der Waals surface area contributed by atoms with Gasteiger partial charge in [-0.2, -0.15) is 0 Å². The molecule has 30 heavy (non-hydrogen) atoms. The standard InChI is InChI=1S/C23H28N2O5/c1-4-28-19-12-16(13-20(29-5-2)21(19)30-6-3)23(27)25-18-9-7-8-17(14-18)24-22(26)15-10-11-15/h7-9,12-15H,4-6,10-11H2,1-3H3,(H,24,26)(H,25,27). The van der Waals surface area contributed by atoms with Crippen molar-refractivity contribution in [3.8, 4) is 17.2 Å². The van der Waals surface area contributed by atoms with E-state index in [1.807, 2.05) is 20.8 Å².